The first kappa shape index (κ1) is 16.1. The molecular weight excluding hydrogens is 328 g/mol. The van der Waals surface area contributed by atoms with Crippen LogP contribution in [-0.4, -0.2) is 32.1 Å². The van der Waals surface area contributed by atoms with Crippen LogP contribution in [0, 0.1) is 5.92 Å². The maximum absolute atomic E-state index is 5.88. The van der Waals surface area contributed by atoms with Crippen molar-refractivity contribution in [3.8, 4) is 0 Å². The Morgan fingerprint density at radius 3 is 3.14 bits per heavy atom. The lowest BCUT2D eigenvalue weighted by Gasteiger charge is -2.18. The lowest BCUT2D eigenvalue weighted by atomic mass is 10.1. The van der Waals surface area contributed by atoms with E-state index in [0.29, 0.717) is 11.9 Å². The number of benzene rings is 1. The van der Waals surface area contributed by atoms with Gasteiger partial charge in [-0.2, -0.15) is 0 Å². The molecule has 116 valence electrons. The van der Waals surface area contributed by atoms with Crippen molar-refractivity contribution >= 4 is 27.6 Å². The maximum Gasteiger partial charge on any atom is 0.188 e. The van der Waals surface area contributed by atoms with Crippen molar-refractivity contribution in [2.24, 2.45) is 16.6 Å². The highest BCUT2D eigenvalue weighted by Crippen LogP contribution is 2.26. The largest absolute Gasteiger partial charge is 0.371 e. The van der Waals surface area contributed by atoms with Crippen molar-refractivity contribution in [1.82, 2.24) is 5.32 Å². The Balaban J connectivity index is 1.79. The first-order valence-electron chi connectivity index (χ1n) is 7.73. The number of hydrogen-bond donors (Lipinski definition) is 2. The molecule has 1 atom stereocenters. The lowest BCUT2D eigenvalue weighted by molar-refractivity contribution is 0.601. The SMILES string of the molecule is CCCCNC(N)=NCC1CCN(c2cccc(Br)c2)C1. The second-order valence-electron chi connectivity index (χ2n) is 5.59. The van der Waals surface area contributed by atoms with Crippen LogP contribution >= 0.6 is 15.9 Å². The van der Waals surface area contributed by atoms with Crippen LogP contribution in [-0.2, 0) is 0 Å². The molecule has 1 fully saturated rings. The molecule has 1 aromatic carbocycles. The summed E-state index contributed by atoms with van der Waals surface area (Å²) in [5, 5.41) is 3.17. The monoisotopic (exact) mass is 352 g/mol. The molecule has 21 heavy (non-hydrogen) atoms. The second-order valence-corrected chi connectivity index (χ2v) is 6.50. The zero-order valence-electron chi connectivity index (χ0n) is 12.7. The van der Waals surface area contributed by atoms with Crippen LogP contribution in [0.25, 0.3) is 0 Å². The van der Waals surface area contributed by atoms with Gasteiger partial charge in [0, 0.05) is 36.3 Å². The average molecular weight is 353 g/mol. The molecule has 1 saturated heterocycles. The van der Waals surface area contributed by atoms with Crippen molar-refractivity contribution in [2.75, 3.05) is 31.1 Å². The quantitative estimate of drug-likeness (QED) is 0.470. The predicted octanol–water partition coefficient (Wildman–Crippen LogP) is 2.98. The van der Waals surface area contributed by atoms with Crippen LogP contribution in [0.15, 0.2) is 33.7 Å². The Kier molecular flexibility index (Phi) is 6.36. The first-order chi connectivity index (χ1) is 10.2. The van der Waals surface area contributed by atoms with Gasteiger partial charge < -0.3 is 16.0 Å². The van der Waals surface area contributed by atoms with Crippen LogP contribution in [0.4, 0.5) is 5.69 Å². The van der Waals surface area contributed by atoms with Crippen LogP contribution in [0.1, 0.15) is 26.2 Å². The van der Waals surface area contributed by atoms with Crippen molar-refractivity contribution in [2.45, 2.75) is 26.2 Å². The van der Waals surface area contributed by atoms with E-state index in [1.807, 2.05) is 0 Å². The third-order valence-corrected chi connectivity index (χ3v) is 4.31. The number of unbranched alkanes of at least 4 members (excludes halogenated alkanes) is 1. The van der Waals surface area contributed by atoms with E-state index in [1.165, 1.54) is 18.5 Å². The zero-order chi connectivity index (χ0) is 15.1. The molecule has 1 unspecified atom stereocenters. The summed E-state index contributed by atoms with van der Waals surface area (Å²) >= 11 is 3.53. The number of guanidine groups is 1. The fourth-order valence-corrected chi connectivity index (χ4v) is 2.95. The second kappa shape index (κ2) is 8.27. The smallest absolute Gasteiger partial charge is 0.188 e. The third-order valence-electron chi connectivity index (χ3n) is 3.82. The van der Waals surface area contributed by atoms with Gasteiger partial charge in [-0.15, -0.1) is 0 Å². The summed E-state index contributed by atoms with van der Waals surface area (Å²) in [6, 6.07) is 8.48. The Morgan fingerprint density at radius 2 is 2.38 bits per heavy atom. The minimum atomic E-state index is 0.587. The fraction of sp³-hybridized carbons (Fsp3) is 0.562. The normalized spacial score (nSPS) is 19.0. The number of aliphatic imine (C=N–C) groups is 1. The van der Waals surface area contributed by atoms with Gasteiger partial charge >= 0.3 is 0 Å². The summed E-state index contributed by atoms with van der Waals surface area (Å²) in [6.07, 6.45) is 3.49. The molecule has 0 amide bonds. The van der Waals surface area contributed by atoms with Gasteiger partial charge in [0.05, 0.1) is 0 Å². The van der Waals surface area contributed by atoms with Crippen molar-refractivity contribution in [3.63, 3.8) is 0 Å². The van der Waals surface area contributed by atoms with E-state index in [0.717, 1.165) is 37.1 Å². The van der Waals surface area contributed by atoms with E-state index >= 15 is 0 Å². The van der Waals surface area contributed by atoms with Gasteiger partial charge in [-0.1, -0.05) is 35.3 Å². The molecule has 2 rings (SSSR count). The summed E-state index contributed by atoms with van der Waals surface area (Å²) in [6.45, 7) is 6.06. The number of halogens is 1. The van der Waals surface area contributed by atoms with Gasteiger partial charge in [-0.3, -0.25) is 4.99 Å². The number of nitrogens with zero attached hydrogens (tertiary/aromatic N) is 2. The van der Waals surface area contributed by atoms with Gasteiger partial charge in [0.2, 0.25) is 0 Å². The number of anilines is 1. The average Bonchev–Trinajstić information content (AvgIpc) is 2.94. The standard InChI is InChI=1S/C16H25BrN4/c1-2-3-8-19-16(18)20-11-13-7-9-21(12-13)15-6-4-5-14(17)10-15/h4-6,10,13H,2-3,7-9,11-12H2,1H3,(H3,18,19,20). The number of rotatable bonds is 6. The molecule has 0 aliphatic carbocycles. The molecule has 3 N–H and O–H groups in total. The molecule has 5 heteroatoms. The molecule has 0 spiro atoms. The van der Waals surface area contributed by atoms with Crippen molar-refractivity contribution < 1.29 is 0 Å². The Labute approximate surface area is 135 Å². The Bertz CT molecular complexity index is 475. The summed E-state index contributed by atoms with van der Waals surface area (Å²) < 4.78 is 1.13. The van der Waals surface area contributed by atoms with Crippen molar-refractivity contribution in [1.29, 1.82) is 0 Å². The van der Waals surface area contributed by atoms with E-state index in [1.54, 1.807) is 0 Å². The van der Waals surface area contributed by atoms with E-state index in [4.69, 9.17) is 5.73 Å². The number of nitrogens with one attached hydrogen (secondary N) is 1. The van der Waals surface area contributed by atoms with Gasteiger partial charge in [0.15, 0.2) is 5.96 Å². The van der Waals surface area contributed by atoms with Gasteiger partial charge in [-0.05, 0) is 37.0 Å². The van der Waals surface area contributed by atoms with Gasteiger partial charge in [0.1, 0.15) is 0 Å². The minimum absolute atomic E-state index is 0.587. The number of hydrogen-bond acceptors (Lipinski definition) is 2. The van der Waals surface area contributed by atoms with Crippen LogP contribution in [0.2, 0.25) is 0 Å². The molecule has 0 aromatic heterocycles. The van der Waals surface area contributed by atoms with Crippen molar-refractivity contribution in [3.05, 3.63) is 28.7 Å². The molecule has 0 radical (unpaired) electrons. The number of nitrogens with two attached hydrogens (primary N) is 1. The molecule has 1 aromatic rings. The lowest BCUT2D eigenvalue weighted by Crippen LogP contribution is -2.33. The highest BCUT2D eigenvalue weighted by Gasteiger charge is 2.22. The van der Waals surface area contributed by atoms with E-state index in [2.05, 4.69) is 62.3 Å². The topological polar surface area (TPSA) is 53.6 Å². The van der Waals surface area contributed by atoms with Crippen LogP contribution in [0.5, 0.6) is 0 Å². The first-order valence-corrected chi connectivity index (χ1v) is 8.52. The highest BCUT2D eigenvalue weighted by atomic mass is 79.9. The maximum atomic E-state index is 5.88. The van der Waals surface area contributed by atoms with Gasteiger partial charge in [-0.25, -0.2) is 0 Å². The molecular formula is C16H25BrN4. The molecule has 1 aliphatic rings. The summed E-state index contributed by atoms with van der Waals surface area (Å²) in [5.74, 6) is 1.18. The Hall–Kier alpha value is -1.23. The minimum Gasteiger partial charge on any atom is -0.371 e. The van der Waals surface area contributed by atoms with Gasteiger partial charge in [0.25, 0.3) is 0 Å². The molecule has 1 heterocycles. The summed E-state index contributed by atoms with van der Waals surface area (Å²) in [5.41, 5.74) is 7.16. The fourth-order valence-electron chi connectivity index (χ4n) is 2.57. The Morgan fingerprint density at radius 1 is 1.52 bits per heavy atom. The third kappa shape index (κ3) is 5.23. The van der Waals surface area contributed by atoms with E-state index in [-0.39, 0.29) is 0 Å². The van der Waals surface area contributed by atoms with Crippen LogP contribution < -0.4 is 16.0 Å². The zero-order valence-corrected chi connectivity index (χ0v) is 14.3. The van der Waals surface area contributed by atoms with E-state index < -0.39 is 0 Å². The predicted molar refractivity (Wildman–Crippen MR) is 93.9 cm³/mol. The highest BCUT2D eigenvalue weighted by molar-refractivity contribution is 9.10. The molecule has 1 aliphatic heterocycles. The van der Waals surface area contributed by atoms with Crippen LogP contribution in [0.3, 0.4) is 0 Å². The molecule has 0 saturated carbocycles. The summed E-state index contributed by atoms with van der Waals surface area (Å²) in [4.78, 5) is 6.89. The van der Waals surface area contributed by atoms with E-state index in [9.17, 15) is 0 Å². The summed E-state index contributed by atoms with van der Waals surface area (Å²) in [7, 11) is 0. The molecule has 0 bridgehead atoms. The molecule has 4 nitrogen and oxygen atoms in total.